The standard InChI is InChI=1S/C16H35O3P/c1-9-16(8)20(17,18-14(6)10-12(2)3)19-15(7)11-13(4)5/h12-16H,9-11H2,1-8H3/t14-,15+,16-,20?/m1/s1. The van der Waals surface area contributed by atoms with Crippen molar-refractivity contribution in [1.29, 1.82) is 0 Å². The van der Waals surface area contributed by atoms with Crippen LogP contribution in [0.1, 0.15) is 74.7 Å². The van der Waals surface area contributed by atoms with Crippen LogP contribution in [0.15, 0.2) is 0 Å². The highest BCUT2D eigenvalue weighted by Gasteiger charge is 2.35. The number of hydrogen-bond donors (Lipinski definition) is 0. The van der Waals surface area contributed by atoms with Crippen LogP contribution in [0.5, 0.6) is 0 Å². The van der Waals surface area contributed by atoms with Crippen LogP contribution in [0.4, 0.5) is 0 Å². The first-order chi connectivity index (χ1) is 9.10. The van der Waals surface area contributed by atoms with E-state index in [0.29, 0.717) is 11.8 Å². The van der Waals surface area contributed by atoms with Crippen molar-refractivity contribution in [2.45, 2.75) is 92.5 Å². The van der Waals surface area contributed by atoms with Crippen molar-refractivity contribution in [3.8, 4) is 0 Å². The third kappa shape index (κ3) is 7.81. The summed E-state index contributed by atoms with van der Waals surface area (Å²) >= 11 is 0. The van der Waals surface area contributed by atoms with Crippen LogP contribution in [-0.2, 0) is 13.6 Å². The van der Waals surface area contributed by atoms with Gasteiger partial charge in [-0.1, -0.05) is 41.5 Å². The Labute approximate surface area is 126 Å². The van der Waals surface area contributed by atoms with E-state index in [9.17, 15) is 4.57 Å². The molecule has 0 rings (SSSR count). The summed E-state index contributed by atoms with van der Waals surface area (Å²) in [5.74, 6) is 1.06. The molecule has 0 aromatic rings. The summed E-state index contributed by atoms with van der Waals surface area (Å²) < 4.78 is 24.9. The van der Waals surface area contributed by atoms with Gasteiger partial charge in [-0.2, -0.15) is 0 Å². The number of hydrogen-bond acceptors (Lipinski definition) is 3. The molecule has 0 saturated heterocycles. The zero-order chi connectivity index (χ0) is 15.9. The fraction of sp³-hybridized carbons (Fsp3) is 1.00. The van der Waals surface area contributed by atoms with E-state index >= 15 is 0 Å². The van der Waals surface area contributed by atoms with Crippen LogP contribution in [0.2, 0.25) is 0 Å². The summed E-state index contributed by atoms with van der Waals surface area (Å²) in [5.41, 5.74) is -0.0493. The van der Waals surface area contributed by atoms with Gasteiger partial charge in [-0.3, -0.25) is 4.57 Å². The Balaban J connectivity index is 4.79. The molecule has 3 nitrogen and oxygen atoms in total. The van der Waals surface area contributed by atoms with E-state index in [-0.39, 0.29) is 17.9 Å². The molecule has 0 aromatic heterocycles. The maximum absolute atomic E-state index is 13.1. The lowest BCUT2D eigenvalue weighted by atomic mass is 10.1. The van der Waals surface area contributed by atoms with Crippen molar-refractivity contribution in [2.24, 2.45) is 11.8 Å². The molecular formula is C16H35O3P. The molecule has 0 aliphatic rings. The smallest absolute Gasteiger partial charge is 0.305 e. The van der Waals surface area contributed by atoms with E-state index < -0.39 is 7.60 Å². The molecule has 0 aromatic carbocycles. The molecule has 4 atom stereocenters. The molecule has 0 bridgehead atoms. The fourth-order valence-corrected chi connectivity index (χ4v) is 4.46. The van der Waals surface area contributed by atoms with Crippen LogP contribution in [-0.4, -0.2) is 17.9 Å². The minimum Gasteiger partial charge on any atom is -0.305 e. The lowest BCUT2D eigenvalue weighted by Crippen LogP contribution is -2.20. The normalized spacial score (nSPS) is 19.9. The van der Waals surface area contributed by atoms with Gasteiger partial charge in [-0.25, -0.2) is 0 Å². The number of rotatable bonds is 10. The maximum Gasteiger partial charge on any atom is 0.333 e. The Morgan fingerprint density at radius 2 is 1.15 bits per heavy atom. The predicted molar refractivity (Wildman–Crippen MR) is 87.4 cm³/mol. The van der Waals surface area contributed by atoms with E-state index in [1.807, 2.05) is 27.7 Å². The van der Waals surface area contributed by atoms with Crippen molar-refractivity contribution in [3.05, 3.63) is 0 Å². The average Bonchev–Trinajstić information content (AvgIpc) is 2.24. The highest BCUT2D eigenvalue weighted by atomic mass is 31.2. The van der Waals surface area contributed by atoms with Gasteiger partial charge in [0.25, 0.3) is 0 Å². The molecule has 0 heterocycles. The molecule has 0 amide bonds. The van der Waals surface area contributed by atoms with Gasteiger partial charge in [-0.15, -0.1) is 0 Å². The highest BCUT2D eigenvalue weighted by Crippen LogP contribution is 2.56. The van der Waals surface area contributed by atoms with Gasteiger partial charge in [0.1, 0.15) is 0 Å². The van der Waals surface area contributed by atoms with E-state index in [1.165, 1.54) is 0 Å². The van der Waals surface area contributed by atoms with Crippen LogP contribution < -0.4 is 0 Å². The van der Waals surface area contributed by atoms with E-state index in [2.05, 4.69) is 27.7 Å². The molecule has 0 fully saturated rings. The fourth-order valence-electron chi connectivity index (χ4n) is 2.37. The molecule has 0 N–H and O–H groups in total. The van der Waals surface area contributed by atoms with Crippen molar-refractivity contribution in [3.63, 3.8) is 0 Å². The summed E-state index contributed by atoms with van der Waals surface area (Å²) in [7, 11) is -3.04. The molecular weight excluding hydrogens is 271 g/mol. The lowest BCUT2D eigenvalue weighted by molar-refractivity contribution is 0.104. The molecule has 0 radical (unpaired) electrons. The summed E-state index contributed by atoms with van der Waals surface area (Å²) in [4.78, 5) is 0. The van der Waals surface area contributed by atoms with E-state index in [4.69, 9.17) is 9.05 Å². The first-order valence-corrected chi connectivity index (χ1v) is 9.68. The van der Waals surface area contributed by atoms with E-state index in [1.54, 1.807) is 0 Å². The van der Waals surface area contributed by atoms with Crippen LogP contribution >= 0.6 is 7.60 Å². The van der Waals surface area contributed by atoms with Crippen LogP contribution in [0.25, 0.3) is 0 Å². The van der Waals surface area contributed by atoms with Crippen LogP contribution in [0, 0.1) is 11.8 Å². The first-order valence-electron chi connectivity index (χ1n) is 8.07. The zero-order valence-corrected chi connectivity index (χ0v) is 15.6. The zero-order valence-electron chi connectivity index (χ0n) is 14.7. The summed E-state index contributed by atoms with van der Waals surface area (Å²) in [6, 6.07) is 0. The minimum atomic E-state index is -3.04. The van der Waals surface area contributed by atoms with Gasteiger partial charge in [0.15, 0.2) is 0 Å². The van der Waals surface area contributed by atoms with Crippen molar-refractivity contribution < 1.29 is 13.6 Å². The van der Waals surface area contributed by atoms with Crippen molar-refractivity contribution >= 4 is 7.60 Å². The first kappa shape index (κ1) is 20.1. The maximum atomic E-state index is 13.1. The largest absolute Gasteiger partial charge is 0.333 e. The molecule has 0 aliphatic heterocycles. The third-order valence-electron chi connectivity index (χ3n) is 3.39. The van der Waals surface area contributed by atoms with Gasteiger partial charge in [0.2, 0.25) is 0 Å². The second-order valence-electron chi connectivity index (χ2n) is 6.89. The quantitative estimate of drug-likeness (QED) is 0.473. The molecule has 4 heteroatoms. The SMILES string of the molecule is CC[C@@H](C)P(=O)(O[C@H](C)CC(C)C)O[C@@H](C)CC(C)C. The lowest BCUT2D eigenvalue weighted by Gasteiger charge is -2.30. The van der Waals surface area contributed by atoms with Gasteiger partial charge in [0.05, 0.1) is 17.9 Å². The second kappa shape index (κ2) is 9.23. The molecule has 122 valence electrons. The Morgan fingerprint density at radius 3 is 1.40 bits per heavy atom. The topological polar surface area (TPSA) is 35.5 Å². The van der Waals surface area contributed by atoms with Crippen molar-refractivity contribution in [2.75, 3.05) is 0 Å². The van der Waals surface area contributed by atoms with Gasteiger partial charge < -0.3 is 9.05 Å². The Morgan fingerprint density at radius 1 is 0.800 bits per heavy atom. The molecule has 0 aliphatic carbocycles. The Hall–Kier alpha value is 0.150. The van der Waals surface area contributed by atoms with Gasteiger partial charge in [-0.05, 0) is 44.9 Å². The monoisotopic (exact) mass is 306 g/mol. The minimum absolute atomic E-state index is 0.0268. The van der Waals surface area contributed by atoms with Gasteiger partial charge >= 0.3 is 7.60 Å². The van der Waals surface area contributed by atoms with E-state index in [0.717, 1.165) is 19.3 Å². The molecule has 20 heavy (non-hydrogen) atoms. The molecule has 1 unspecified atom stereocenters. The summed E-state index contributed by atoms with van der Waals surface area (Å²) in [6.07, 6.45) is 2.56. The summed E-state index contributed by atoms with van der Waals surface area (Å²) in [6.45, 7) is 16.6. The second-order valence-corrected chi connectivity index (χ2v) is 9.27. The average molecular weight is 306 g/mol. The van der Waals surface area contributed by atoms with Crippen LogP contribution in [0.3, 0.4) is 0 Å². The Bertz CT molecular complexity index is 280. The Kier molecular flexibility index (Phi) is 9.29. The third-order valence-corrected chi connectivity index (χ3v) is 6.14. The van der Waals surface area contributed by atoms with Gasteiger partial charge in [0, 0.05) is 0 Å². The highest BCUT2D eigenvalue weighted by molar-refractivity contribution is 7.54. The predicted octanol–water partition coefficient (Wildman–Crippen LogP) is 5.88. The molecule has 0 spiro atoms. The molecule has 0 saturated carbocycles. The van der Waals surface area contributed by atoms with Crippen molar-refractivity contribution in [1.82, 2.24) is 0 Å². The summed E-state index contributed by atoms with van der Waals surface area (Å²) in [5, 5.41) is 0.